The smallest absolute Gasteiger partial charge is 0.331 e. The lowest BCUT2D eigenvalue weighted by atomic mass is 10.0. The summed E-state index contributed by atoms with van der Waals surface area (Å²) in [5, 5.41) is 17.1. The molecule has 0 saturated carbocycles. The van der Waals surface area contributed by atoms with Gasteiger partial charge in [0, 0.05) is 17.6 Å². The highest BCUT2D eigenvalue weighted by Crippen LogP contribution is 2.28. The number of carboxylic acid groups (broad SMARTS) is 1. The van der Waals surface area contributed by atoms with Gasteiger partial charge in [0.05, 0.1) is 11.9 Å². The van der Waals surface area contributed by atoms with Crippen LogP contribution in [0.3, 0.4) is 0 Å². The lowest BCUT2D eigenvalue weighted by molar-refractivity contribution is -0.132. The number of carbonyl (C=O) groups is 1. The number of aliphatic carboxylic acids is 1. The largest absolute Gasteiger partial charge is 0.478 e. The molecule has 2 aromatic rings. The van der Waals surface area contributed by atoms with E-state index in [2.05, 4.69) is 17.2 Å². The summed E-state index contributed by atoms with van der Waals surface area (Å²) in [6.07, 6.45) is 4.13. The molecule has 0 saturated heterocycles. The van der Waals surface area contributed by atoms with Crippen LogP contribution in [0.25, 0.3) is 17.0 Å². The van der Waals surface area contributed by atoms with E-state index in [4.69, 9.17) is 5.11 Å². The van der Waals surface area contributed by atoms with Crippen molar-refractivity contribution < 1.29 is 14.3 Å². The predicted molar refractivity (Wildman–Crippen MR) is 84.1 cm³/mol. The molecular formula is C17H16FN3O2. The molecule has 0 amide bonds. The molecule has 23 heavy (non-hydrogen) atoms. The quantitative estimate of drug-likeness (QED) is 0.938. The maximum Gasteiger partial charge on any atom is 0.331 e. The van der Waals surface area contributed by atoms with Crippen LogP contribution in [-0.4, -0.2) is 26.1 Å². The zero-order valence-corrected chi connectivity index (χ0v) is 12.7. The van der Waals surface area contributed by atoms with Crippen molar-refractivity contribution in [2.75, 3.05) is 0 Å². The van der Waals surface area contributed by atoms with E-state index in [0.717, 1.165) is 12.0 Å². The second kappa shape index (κ2) is 6.16. The number of aromatic nitrogens is 3. The van der Waals surface area contributed by atoms with Crippen molar-refractivity contribution in [3.8, 4) is 11.3 Å². The second-order valence-corrected chi connectivity index (χ2v) is 5.36. The van der Waals surface area contributed by atoms with E-state index in [1.165, 1.54) is 16.3 Å². The molecule has 0 unspecified atom stereocenters. The third-order valence-electron chi connectivity index (χ3n) is 3.88. The Balaban J connectivity index is 1.93. The van der Waals surface area contributed by atoms with Gasteiger partial charge in [-0.15, -0.1) is 5.10 Å². The molecule has 1 N–H and O–H groups in total. The van der Waals surface area contributed by atoms with Crippen molar-refractivity contribution in [1.82, 2.24) is 15.0 Å². The van der Waals surface area contributed by atoms with Gasteiger partial charge >= 0.3 is 5.97 Å². The minimum Gasteiger partial charge on any atom is -0.478 e. The van der Waals surface area contributed by atoms with Crippen molar-refractivity contribution in [1.29, 1.82) is 0 Å². The Morgan fingerprint density at radius 2 is 2.04 bits per heavy atom. The molecule has 0 fully saturated rings. The van der Waals surface area contributed by atoms with Crippen molar-refractivity contribution in [3.63, 3.8) is 0 Å². The zero-order valence-electron chi connectivity index (χ0n) is 12.7. The molecule has 1 heterocycles. The van der Waals surface area contributed by atoms with Gasteiger partial charge < -0.3 is 5.11 Å². The lowest BCUT2D eigenvalue weighted by Gasteiger charge is -2.12. The van der Waals surface area contributed by atoms with Crippen molar-refractivity contribution >= 4 is 11.7 Å². The van der Waals surface area contributed by atoms with E-state index in [-0.39, 0.29) is 29.9 Å². The fourth-order valence-electron chi connectivity index (χ4n) is 2.47. The van der Waals surface area contributed by atoms with Gasteiger partial charge in [0.2, 0.25) is 0 Å². The third kappa shape index (κ3) is 3.06. The molecule has 5 nitrogen and oxygen atoms in total. The molecular weight excluding hydrogens is 297 g/mol. The maximum atomic E-state index is 14.0. The summed E-state index contributed by atoms with van der Waals surface area (Å²) in [4.78, 5) is 11.1. The lowest BCUT2D eigenvalue weighted by Crippen LogP contribution is -2.09. The molecule has 0 spiro atoms. The summed E-state index contributed by atoms with van der Waals surface area (Å²) in [7, 11) is 0. The first-order valence-electron chi connectivity index (χ1n) is 7.43. The van der Waals surface area contributed by atoms with E-state index >= 15 is 0 Å². The van der Waals surface area contributed by atoms with Crippen LogP contribution in [0.15, 0.2) is 47.9 Å². The summed E-state index contributed by atoms with van der Waals surface area (Å²) in [5.74, 6) is -1.42. The van der Waals surface area contributed by atoms with Crippen molar-refractivity contribution in [2.45, 2.75) is 26.2 Å². The summed E-state index contributed by atoms with van der Waals surface area (Å²) >= 11 is 0. The molecule has 0 atom stereocenters. The molecule has 1 aromatic heterocycles. The molecule has 1 aromatic carbocycles. The van der Waals surface area contributed by atoms with E-state index < -0.39 is 5.97 Å². The van der Waals surface area contributed by atoms with Gasteiger partial charge in [-0.1, -0.05) is 36.4 Å². The van der Waals surface area contributed by atoms with Crippen LogP contribution < -0.4 is 0 Å². The molecule has 6 heteroatoms. The summed E-state index contributed by atoms with van der Waals surface area (Å²) in [6.45, 7) is 2.08. The number of carboxylic acids is 1. The van der Waals surface area contributed by atoms with Gasteiger partial charge in [-0.05, 0) is 24.5 Å². The molecule has 0 bridgehead atoms. The van der Waals surface area contributed by atoms with Gasteiger partial charge in [-0.3, -0.25) is 0 Å². The number of rotatable bonds is 4. The van der Waals surface area contributed by atoms with Gasteiger partial charge in [-0.2, -0.15) is 0 Å². The fraction of sp³-hybridized carbons (Fsp3) is 0.235. The summed E-state index contributed by atoms with van der Waals surface area (Å²) < 4.78 is 15.3. The standard InChI is InChI=1S/C17H16FN3O2/c1-2-11-3-5-12(6-4-11)15-10-21(20-19-15)16-9-13(17(22)23)7-8-14(16)18/h3-6,9-10H,2,7-8H2,1H3,(H,22,23). The van der Waals surface area contributed by atoms with E-state index in [1.807, 2.05) is 24.3 Å². The van der Waals surface area contributed by atoms with E-state index in [0.29, 0.717) is 5.69 Å². The molecule has 1 aliphatic rings. The number of hydrogen-bond acceptors (Lipinski definition) is 3. The van der Waals surface area contributed by atoms with Crippen molar-refractivity contribution in [2.24, 2.45) is 0 Å². The Morgan fingerprint density at radius 1 is 1.30 bits per heavy atom. The van der Waals surface area contributed by atoms with Crippen LogP contribution in [0.2, 0.25) is 0 Å². The van der Waals surface area contributed by atoms with Crippen LogP contribution in [0, 0.1) is 0 Å². The molecule has 3 rings (SSSR count). The van der Waals surface area contributed by atoms with Crippen LogP contribution >= 0.6 is 0 Å². The number of nitrogens with zero attached hydrogens (tertiary/aromatic N) is 3. The minimum absolute atomic E-state index is 0.0634. The number of halogens is 1. The second-order valence-electron chi connectivity index (χ2n) is 5.36. The first kappa shape index (κ1) is 15.1. The van der Waals surface area contributed by atoms with E-state index in [9.17, 15) is 9.18 Å². The molecule has 1 aliphatic carbocycles. The molecule has 118 valence electrons. The highest BCUT2D eigenvalue weighted by atomic mass is 19.1. The normalized spacial score (nSPS) is 14.8. The topological polar surface area (TPSA) is 68.0 Å². The highest BCUT2D eigenvalue weighted by Gasteiger charge is 2.20. The first-order chi connectivity index (χ1) is 11.1. The Bertz CT molecular complexity index is 804. The Labute approximate surface area is 132 Å². The maximum absolute atomic E-state index is 14.0. The average molecular weight is 313 g/mol. The van der Waals surface area contributed by atoms with E-state index in [1.54, 1.807) is 6.20 Å². The molecule has 0 aliphatic heterocycles. The monoisotopic (exact) mass is 313 g/mol. The summed E-state index contributed by atoms with van der Waals surface area (Å²) in [5.41, 5.74) is 3.02. The zero-order chi connectivity index (χ0) is 16.4. The fourth-order valence-corrected chi connectivity index (χ4v) is 2.47. The van der Waals surface area contributed by atoms with Crippen LogP contribution in [0.1, 0.15) is 25.3 Å². The third-order valence-corrected chi connectivity index (χ3v) is 3.88. The number of allylic oxidation sites excluding steroid dienone is 3. The predicted octanol–water partition coefficient (Wildman–Crippen LogP) is 3.45. The highest BCUT2D eigenvalue weighted by molar-refractivity contribution is 5.90. The van der Waals surface area contributed by atoms with Gasteiger partial charge in [0.1, 0.15) is 11.5 Å². The van der Waals surface area contributed by atoms with Gasteiger partial charge in [0.15, 0.2) is 0 Å². The molecule has 0 radical (unpaired) electrons. The SMILES string of the molecule is CCc1ccc(-c2cn(C3=C(F)CCC(C(=O)O)=C3)nn2)cc1. The Hall–Kier alpha value is -2.76. The Morgan fingerprint density at radius 3 is 2.70 bits per heavy atom. The number of aryl methyl sites for hydroxylation is 1. The Kier molecular flexibility index (Phi) is 4.06. The number of benzene rings is 1. The number of hydrogen-bond donors (Lipinski definition) is 1. The first-order valence-corrected chi connectivity index (χ1v) is 7.43. The van der Waals surface area contributed by atoms with Gasteiger partial charge in [-0.25, -0.2) is 13.9 Å². The minimum atomic E-state index is -1.04. The van der Waals surface area contributed by atoms with Crippen LogP contribution in [0.4, 0.5) is 4.39 Å². The average Bonchev–Trinajstić information content (AvgIpc) is 3.05. The van der Waals surface area contributed by atoms with Crippen LogP contribution in [0.5, 0.6) is 0 Å². The van der Waals surface area contributed by atoms with Crippen LogP contribution in [-0.2, 0) is 11.2 Å². The van der Waals surface area contributed by atoms with Gasteiger partial charge in [0.25, 0.3) is 0 Å². The summed E-state index contributed by atoms with van der Waals surface area (Å²) in [6, 6.07) is 7.91. The van der Waals surface area contributed by atoms with Crippen molar-refractivity contribution in [3.05, 3.63) is 53.5 Å².